The summed E-state index contributed by atoms with van der Waals surface area (Å²) in [5.74, 6) is 0. The van der Waals surface area contributed by atoms with Gasteiger partial charge in [0, 0.05) is 0 Å². The van der Waals surface area contributed by atoms with Crippen molar-refractivity contribution in [2.75, 3.05) is 0 Å². The van der Waals surface area contributed by atoms with Crippen LogP contribution in [0, 0.1) is 5.41 Å². The topological polar surface area (TPSA) is 0 Å². The molecule has 0 aromatic rings. The third kappa shape index (κ3) is 3.94. The molecular weight excluding hydrogens is 144 g/mol. The van der Waals surface area contributed by atoms with E-state index >= 15 is 0 Å². The van der Waals surface area contributed by atoms with E-state index in [0.717, 1.165) is 0 Å². The first-order chi connectivity index (χ1) is 5.43. The highest BCUT2D eigenvalue weighted by molar-refractivity contribution is 5.10. The van der Waals surface area contributed by atoms with Gasteiger partial charge in [-0.25, -0.2) is 0 Å². The molecule has 0 saturated heterocycles. The number of rotatable bonds is 4. The molecule has 0 unspecified atom stereocenters. The monoisotopic (exact) mass is 168 g/mol. The quantitative estimate of drug-likeness (QED) is 0.540. The predicted molar refractivity (Wildman–Crippen MR) is 57.4 cm³/mol. The summed E-state index contributed by atoms with van der Waals surface area (Å²) in [6.45, 7) is 13.7. The molecule has 0 heterocycles. The highest BCUT2D eigenvalue weighted by Crippen LogP contribution is 2.30. The minimum Gasteiger partial charge on any atom is -0.0747 e. The first-order valence-corrected chi connectivity index (χ1v) is 5.08. The van der Waals surface area contributed by atoms with Crippen LogP contribution in [-0.4, -0.2) is 0 Å². The molecule has 0 bridgehead atoms. The third-order valence-corrected chi connectivity index (χ3v) is 2.96. The summed E-state index contributed by atoms with van der Waals surface area (Å²) < 4.78 is 0. The van der Waals surface area contributed by atoms with E-state index in [4.69, 9.17) is 0 Å². The van der Waals surface area contributed by atoms with Crippen LogP contribution >= 0.6 is 0 Å². The fourth-order valence-electron chi connectivity index (χ4n) is 1.30. The zero-order chi connectivity index (χ0) is 9.78. The fourth-order valence-corrected chi connectivity index (χ4v) is 1.30. The fraction of sp³-hybridized carbons (Fsp3) is 0.833. The molecule has 12 heavy (non-hydrogen) atoms. The highest BCUT2D eigenvalue weighted by Gasteiger charge is 2.15. The van der Waals surface area contributed by atoms with E-state index in [-0.39, 0.29) is 0 Å². The third-order valence-electron chi connectivity index (χ3n) is 2.96. The van der Waals surface area contributed by atoms with E-state index in [1.54, 1.807) is 11.1 Å². The van der Waals surface area contributed by atoms with Crippen molar-refractivity contribution in [2.24, 2.45) is 5.41 Å². The second kappa shape index (κ2) is 4.69. The Labute approximate surface area is 78.1 Å². The van der Waals surface area contributed by atoms with E-state index in [0.29, 0.717) is 5.41 Å². The molecule has 0 spiro atoms. The van der Waals surface area contributed by atoms with Gasteiger partial charge in [-0.2, -0.15) is 0 Å². The Kier molecular flexibility index (Phi) is 4.59. The molecule has 0 fully saturated rings. The normalized spacial score (nSPS) is 14.5. The van der Waals surface area contributed by atoms with Gasteiger partial charge in [0.25, 0.3) is 0 Å². The summed E-state index contributed by atoms with van der Waals surface area (Å²) in [5, 5.41) is 0. The Balaban J connectivity index is 4.26. The summed E-state index contributed by atoms with van der Waals surface area (Å²) in [7, 11) is 0. The Morgan fingerprint density at radius 2 is 1.50 bits per heavy atom. The average Bonchev–Trinajstić information content (AvgIpc) is 2.02. The summed E-state index contributed by atoms with van der Waals surface area (Å²) in [4.78, 5) is 0. The van der Waals surface area contributed by atoms with Crippen molar-refractivity contribution in [1.82, 2.24) is 0 Å². The molecule has 0 aliphatic carbocycles. The van der Waals surface area contributed by atoms with Crippen molar-refractivity contribution >= 4 is 0 Å². The van der Waals surface area contributed by atoms with Gasteiger partial charge in [0.15, 0.2) is 0 Å². The molecule has 0 aliphatic rings. The lowest BCUT2D eigenvalue weighted by atomic mass is 9.82. The molecule has 72 valence electrons. The SMILES string of the molecule is CC/C(C)=C(\C)CC(C)(C)CC. The molecule has 0 atom stereocenters. The lowest BCUT2D eigenvalue weighted by Gasteiger charge is -2.23. The maximum absolute atomic E-state index is 2.35. The Bertz CT molecular complexity index is 161. The standard InChI is InChI=1S/C12H24/c1-7-10(3)11(4)9-12(5,6)8-2/h7-9H2,1-6H3/b11-10+. The minimum absolute atomic E-state index is 0.487. The molecule has 0 radical (unpaired) electrons. The van der Waals surface area contributed by atoms with Gasteiger partial charge in [-0.1, -0.05) is 45.3 Å². The smallest absolute Gasteiger partial charge is 0.0269 e. The van der Waals surface area contributed by atoms with Crippen LogP contribution in [0.25, 0.3) is 0 Å². The van der Waals surface area contributed by atoms with E-state index < -0.39 is 0 Å². The van der Waals surface area contributed by atoms with Crippen LogP contribution in [-0.2, 0) is 0 Å². The van der Waals surface area contributed by atoms with E-state index in [9.17, 15) is 0 Å². The zero-order valence-corrected chi connectivity index (χ0v) is 9.62. The van der Waals surface area contributed by atoms with Crippen molar-refractivity contribution in [1.29, 1.82) is 0 Å². The highest BCUT2D eigenvalue weighted by atomic mass is 14.2. The van der Waals surface area contributed by atoms with Crippen molar-refractivity contribution in [3.05, 3.63) is 11.1 Å². The number of allylic oxidation sites excluding steroid dienone is 2. The second-order valence-corrected chi connectivity index (χ2v) is 4.61. The van der Waals surface area contributed by atoms with Crippen LogP contribution in [0.3, 0.4) is 0 Å². The van der Waals surface area contributed by atoms with Crippen LogP contribution in [0.1, 0.15) is 60.8 Å². The molecule has 0 N–H and O–H groups in total. The first kappa shape index (κ1) is 11.7. The largest absolute Gasteiger partial charge is 0.0747 e. The second-order valence-electron chi connectivity index (χ2n) is 4.61. The zero-order valence-electron chi connectivity index (χ0n) is 9.62. The lowest BCUT2D eigenvalue weighted by Crippen LogP contribution is -2.10. The Hall–Kier alpha value is -0.260. The molecule has 0 aromatic heterocycles. The van der Waals surface area contributed by atoms with Gasteiger partial charge < -0.3 is 0 Å². The summed E-state index contributed by atoms with van der Waals surface area (Å²) in [5.41, 5.74) is 3.64. The van der Waals surface area contributed by atoms with Crippen molar-refractivity contribution in [3.8, 4) is 0 Å². The molecule has 0 nitrogen and oxygen atoms in total. The summed E-state index contributed by atoms with van der Waals surface area (Å²) >= 11 is 0. The van der Waals surface area contributed by atoms with Gasteiger partial charge in [-0.3, -0.25) is 0 Å². The minimum atomic E-state index is 0.487. The van der Waals surface area contributed by atoms with Gasteiger partial charge in [0.05, 0.1) is 0 Å². The van der Waals surface area contributed by atoms with Crippen molar-refractivity contribution in [3.63, 3.8) is 0 Å². The lowest BCUT2D eigenvalue weighted by molar-refractivity contribution is 0.347. The molecule has 0 amide bonds. The molecule has 0 aliphatic heterocycles. The van der Waals surface area contributed by atoms with Crippen LogP contribution in [0.2, 0.25) is 0 Å². The van der Waals surface area contributed by atoms with Gasteiger partial charge in [-0.15, -0.1) is 0 Å². The summed E-state index contributed by atoms with van der Waals surface area (Å²) in [6.07, 6.45) is 3.72. The maximum atomic E-state index is 2.35. The first-order valence-electron chi connectivity index (χ1n) is 5.08. The van der Waals surface area contributed by atoms with E-state index in [2.05, 4.69) is 41.5 Å². The van der Waals surface area contributed by atoms with Gasteiger partial charge in [0.1, 0.15) is 0 Å². The summed E-state index contributed by atoms with van der Waals surface area (Å²) in [6, 6.07) is 0. The number of hydrogen-bond acceptors (Lipinski definition) is 0. The van der Waals surface area contributed by atoms with Crippen LogP contribution in [0.15, 0.2) is 11.1 Å². The van der Waals surface area contributed by atoms with E-state index in [1.165, 1.54) is 19.3 Å². The van der Waals surface area contributed by atoms with Crippen molar-refractivity contribution in [2.45, 2.75) is 60.8 Å². The van der Waals surface area contributed by atoms with Crippen LogP contribution in [0.4, 0.5) is 0 Å². The molecule has 0 rings (SSSR count). The molecule has 0 aromatic carbocycles. The average molecular weight is 168 g/mol. The van der Waals surface area contributed by atoms with Crippen LogP contribution in [0.5, 0.6) is 0 Å². The Morgan fingerprint density at radius 1 is 1.00 bits per heavy atom. The van der Waals surface area contributed by atoms with Gasteiger partial charge in [-0.05, 0) is 32.1 Å². The van der Waals surface area contributed by atoms with Crippen molar-refractivity contribution < 1.29 is 0 Å². The Morgan fingerprint density at radius 3 is 1.83 bits per heavy atom. The van der Waals surface area contributed by atoms with Gasteiger partial charge >= 0.3 is 0 Å². The van der Waals surface area contributed by atoms with Crippen LogP contribution < -0.4 is 0 Å². The molecule has 0 saturated carbocycles. The molecule has 0 heteroatoms. The molecular formula is C12H24. The predicted octanol–water partition coefficient (Wildman–Crippen LogP) is 4.56. The number of hydrogen-bond donors (Lipinski definition) is 0. The van der Waals surface area contributed by atoms with E-state index in [1.807, 2.05) is 0 Å². The maximum Gasteiger partial charge on any atom is -0.0269 e. The van der Waals surface area contributed by atoms with Gasteiger partial charge in [0.2, 0.25) is 0 Å².